The highest BCUT2D eigenvalue weighted by atomic mass is 35.5. The number of hydrogen-bond donors (Lipinski definition) is 1. The maximum Gasteiger partial charge on any atom is 0.163 e. The van der Waals surface area contributed by atoms with Crippen molar-refractivity contribution in [1.82, 2.24) is 9.97 Å². The van der Waals surface area contributed by atoms with Crippen molar-refractivity contribution in [3.8, 4) is 11.4 Å². The minimum absolute atomic E-state index is 0.00920. The Labute approximate surface area is 128 Å². The predicted octanol–water partition coefficient (Wildman–Crippen LogP) is 2.13. The van der Waals surface area contributed by atoms with Crippen molar-refractivity contribution in [1.29, 1.82) is 0 Å². The Hall–Kier alpha value is -1.69. The number of hydrogen-bond acceptors (Lipinski definition) is 5. The molecule has 0 aliphatic carbocycles. The van der Waals surface area contributed by atoms with Crippen LogP contribution in [0, 0.1) is 0 Å². The molecule has 0 radical (unpaired) electrons. The van der Waals surface area contributed by atoms with Gasteiger partial charge in [-0.3, -0.25) is 0 Å². The summed E-state index contributed by atoms with van der Waals surface area (Å²) in [4.78, 5) is 11.0. The van der Waals surface area contributed by atoms with E-state index < -0.39 is 0 Å². The largest absolute Gasteiger partial charge is 0.392 e. The van der Waals surface area contributed by atoms with Crippen molar-refractivity contribution >= 4 is 17.4 Å². The Bertz CT molecular complexity index is 630. The van der Waals surface area contributed by atoms with Crippen molar-refractivity contribution in [2.45, 2.75) is 6.61 Å². The molecular weight excluding hydrogens is 290 g/mol. The molecule has 1 fully saturated rings. The minimum atomic E-state index is -0.00920. The van der Waals surface area contributed by atoms with E-state index in [4.69, 9.17) is 16.3 Å². The number of anilines is 1. The summed E-state index contributed by atoms with van der Waals surface area (Å²) in [6.07, 6.45) is 0. The zero-order valence-electron chi connectivity index (χ0n) is 11.5. The fourth-order valence-corrected chi connectivity index (χ4v) is 2.48. The van der Waals surface area contributed by atoms with Crippen molar-refractivity contribution in [3.63, 3.8) is 0 Å². The van der Waals surface area contributed by atoms with Crippen LogP contribution in [0.1, 0.15) is 5.56 Å². The zero-order valence-corrected chi connectivity index (χ0v) is 12.3. The molecule has 110 valence electrons. The third kappa shape index (κ3) is 3.32. The van der Waals surface area contributed by atoms with Gasteiger partial charge in [0.25, 0.3) is 0 Å². The first kappa shape index (κ1) is 14.3. The van der Waals surface area contributed by atoms with Gasteiger partial charge in [0, 0.05) is 24.7 Å². The van der Waals surface area contributed by atoms with Crippen LogP contribution in [-0.4, -0.2) is 41.4 Å². The molecule has 5 nitrogen and oxygen atoms in total. The Kier molecular flexibility index (Phi) is 4.34. The van der Waals surface area contributed by atoms with Gasteiger partial charge in [0.15, 0.2) is 5.82 Å². The lowest BCUT2D eigenvalue weighted by atomic mass is 10.1. The van der Waals surface area contributed by atoms with Crippen LogP contribution < -0.4 is 4.90 Å². The van der Waals surface area contributed by atoms with Gasteiger partial charge in [-0.15, -0.1) is 0 Å². The van der Waals surface area contributed by atoms with Crippen LogP contribution in [0.15, 0.2) is 30.3 Å². The molecule has 0 saturated carbocycles. The molecule has 1 aliphatic heterocycles. The van der Waals surface area contributed by atoms with E-state index in [0.29, 0.717) is 24.2 Å². The topological polar surface area (TPSA) is 58.5 Å². The summed E-state index contributed by atoms with van der Waals surface area (Å²) in [5.74, 6) is 1.38. The minimum Gasteiger partial charge on any atom is -0.392 e. The average molecular weight is 306 g/mol. The molecule has 3 rings (SSSR count). The van der Waals surface area contributed by atoms with E-state index in [1.54, 1.807) is 6.07 Å². The lowest BCUT2D eigenvalue weighted by molar-refractivity contribution is 0.122. The van der Waals surface area contributed by atoms with Gasteiger partial charge < -0.3 is 14.7 Å². The molecule has 0 unspecified atom stereocenters. The van der Waals surface area contributed by atoms with Crippen molar-refractivity contribution in [2.75, 3.05) is 31.2 Å². The summed E-state index contributed by atoms with van der Waals surface area (Å²) in [5, 5.41) is 9.65. The number of benzene rings is 1. The van der Waals surface area contributed by atoms with Crippen molar-refractivity contribution in [3.05, 3.63) is 41.0 Å². The van der Waals surface area contributed by atoms with E-state index in [0.717, 1.165) is 30.0 Å². The van der Waals surface area contributed by atoms with Crippen molar-refractivity contribution in [2.24, 2.45) is 0 Å². The normalized spacial score (nSPS) is 15.2. The van der Waals surface area contributed by atoms with Crippen LogP contribution >= 0.6 is 11.6 Å². The predicted molar refractivity (Wildman–Crippen MR) is 81.4 cm³/mol. The first-order chi connectivity index (χ1) is 10.3. The molecule has 21 heavy (non-hydrogen) atoms. The molecule has 1 saturated heterocycles. The fourth-order valence-electron chi connectivity index (χ4n) is 2.30. The molecule has 0 amide bonds. The molecule has 0 spiro atoms. The van der Waals surface area contributed by atoms with E-state index in [1.165, 1.54) is 0 Å². The molecule has 1 aromatic carbocycles. The smallest absolute Gasteiger partial charge is 0.163 e. The highest BCUT2D eigenvalue weighted by Crippen LogP contribution is 2.23. The summed E-state index contributed by atoms with van der Waals surface area (Å²) in [7, 11) is 0. The van der Waals surface area contributed by atoms with Gasteiger partial charge in [0.2, 0.25) is 0 Å². The Morgan fingerprint density at radius 3 is 2.76 bits per heavy atom. The quantitative estimate of drug-likeness (QED) is 0.880. The summed E-state index contributed by atoms with van der Waals surface area (Å²) in [6, 6.07) is 9.28. The van der Waals surface area contributed by atoms with Gasteiger partial charge in [-0.1, -0.05) is 29.8 Å². The number of rotatable bonds is 3. The van der Waals surface area contributed by atoms with Crippen LogP contribution in [0.5, 0.6) is 0 Å². The fraction of sp³-hybridized carbons (Fsp3) is 0.333. The van der Waals surface area contributed by atoms with E-state index in [-0.39, 0.29) is 6.61 Å². The number of morpholine rings is 1. The SMILES string of the molecule is OCc1cccc(-c2nc(Cl)cc(N3CCOCC3)n2)c1. The maximum absolute atomic E-state index is 9.23. The molecule has 6 heteroatoms. The molecule has 1 aromatic heterocycles. The molecule has 2 heterocycles. The van der Waals surface area contributed by atoms with Crippen LogP contribution in [0.25, 0.3) is 11.4 Å². The van der Waals surface area contributed by atoms with E-state index in [1.807, 2.05) is 24.3 Å². The first-order valence-electron chi connectivity index (χ1n) is 6.84. The van der Waals surface area contributed by atoms with Crippen LogP contribution in [-0.2, 0) is 11.3 Å². The van der Waals surface area contributed by atoms with Crippen LogP contribution in [0.3, 0.4) is 0 Å². The van der Waals surface area contributed by atoms with Gasteiger partial charge in [-0.05, 0) is 11.6 Å². The molecule has 2 aromatic rings. The highest BCUT2D eigenvalue weighted by Gasteiger charge is 2.15. The van der Waals surface area contributed by atoms with E-state index in [2.05, 4.69) is 14.9 Å². The maximum atomic E-state index is 9.23. The number of halogens is 1. The summed E-state index contributed by atoms with van der Waals surface area (Å²) in [5.41, 5.74) is 1.67. The molecular formula is C15H16ClN3O2. The van der Waals surface area contributed by atoms with Gasteiger partial charge in [0.1, 0.15) is 11.0 Å². The average Bonchev–Trinajstić information content (AvgIpc) is 2.55. The van der Waals surface area contributed by atoms with Crippen molar-refractivity contribution < 1.29 is 9.84 Å². The second kappa shape index (κ2) is 6.39. The second-order valence-electron chi connectivity index (χ2n) is 4.83. The number of aliphatic hydroxyl groups is 1. The number of ether oxygens (including phenoxy) is 1. The standard InChI is InChI=1S/C15H16ClN3O2/c16-13-9-14(19-4-6-21-7-5-19)18-15(17-13)12-3-1-2-11(8-12)10-20/h1-3,8-9,20H,4-7,10H2. The summed E-state index contributed by atoms with van der Waals surface area (Å²) >= 11 is 6.13. The van der Waals surface area contributed by atoms with Gasteiger partial charge >= 0.3 is 0 Å². The third-order valence-corrected chi connectivity index (χ3v) is 3.58. The Morgan fingerprint density at radius 2 is 2.00 bits per heavy atom. The van der Waals surface area contributed by atoms with Gasteiger partial charge in [-0.2, -0.15) is 0 Å². The van der Waals surface area contributed by atoms with E-state index >= 15 is 0 Å². The monoisotopic (exact) mass is 305 g/mol. The Balaban J connectivity index is 1.96. The summed E-state index contributed by atoms with van der Waals surface area (Å²) < 4.78 is 5.35. The summed E-state index contributed by atoms with van der Waals surface area (Å²) in [6.45, 7) is 2.96. The molecule has 0 atom stereocenters. The Morgan fingerprint density at radius 1 is 1.19 bits per heavy atom. The first-order valence-corrected chi connectivity index (χ1v) is 7.21. The van der Waals surface area contributed by atoms with Crippen LogP contribution in [0.4, 0.5) is 5.82 Å². The number of aliphatic hydroxyl groups excluding tert-OH is 1. The molecule has 1 aliphatic rings. The van der Waals surface area contributed by atoms with Crippen LogP contribution in [0.2, 0.25) is 5.15 Å². The lowest BCUT2D eigenvalue weighted by Gasteiger charge is -2.28. The van der Waals surface area contributed by atoms with E-state index in [9.17, 15) is 5.11 Å². The molecule has 0 bridgehead atoms. The van der Waals surface area contributed by atoms with Gasteiger partial charge in [0.05, 0.1) is 19.8 Å². The molecule has 1 N–H and O–H groups in total. The third-order valence-electron chi connectivity index (χ3n) is 3.38. The number of aromatic nitrogens is 2. The highest BCUT2D eigenvalue weighted by molar-refractivity contribution is 6.29. The van der Waals surface area contributed by atoms with Gasteiger partial charge in [-0.25, -0.2) is 9.97 Å². The number of nitrogens with zero attached hydrogens (tertiary/aromatic N) is 3. The second-order valence-corrected chi connectivity index (χ2v) is 5.22. The zero-order chi connectivity index (χ0) is 14.7. The lowest BCUT2D eigenvalue weighted by Crippen LogP contribution is -2.36.